The second kappa shape index (κ2) is 10.1. The van der Waals surface area contributed by atoms with Gasteiger partial charge in [0.05, 0.1) is 20.8 Å². The number of aliphatic imine (C=N–C) groups is 1. The summed E-state index contributed by atoms with van der Waals surface area (Å²) in [4.78, 5) is 7.26. The summed E-state index contributed by atoms with van der Waals surface area (Å²) in [5.74, 6) is 2.55. The molecule has 1 aromatic rings. The number of hydrogen-bond acceptors (Lipinski definition) is 3. The Kier molecular flexibility index (Phi) is 8.82. The van der Waals surface area contributed by atoms with E-state index in [2.05, 4.69) is 43.1 Å². The van der Waals surface area contributed by atoms with Crippen LogP contribution in [0.25, 0.3) is 0 Å². The molecule has 0 bridgehead atoms. The van der Waals surface area contributed by atoms with Crippen LogP contribution in [0, 0.1) is 0 Å². The zero-order valence-electron chi connectivity index (χ0n) is 16.1. The summed E-state index contributed by atoms with van der Waals surface area (Å²) in [6.45, 7) is 10.4. The molecule has 0 amide bonds. The van der Waals surface area contributed by atoms with Crippen molar-refractivity contribution in [3.63, 3.8) is 0 Å². The molecule has 1 N–H and O–H groups in total. The molecule has 0 spiro atoms. The molecule has 1 aromatic carbocycles. The minimum atomic E-state index is -0.0834. The van der Waals surface area contributed by atoms with E-state index in [1.807, 2.05) is 6.07 Å². The summed E-state index contributed by atoms with van der Waals surface area (Å²) in [7, 11) is 3.33. The lowest BCUT2D eigenvalue weighted by Gasteiger charge is -2.27. The van der Waals surface area contributed by atoms with Crippen LogP contribution in [0.2, 0.25) is 0 Å². The Morgan fingerprint density at radius 1 is 1.16 bits per heavy atom. The van der Waals surface area contributed by atoms with Gasteiger partial charge in [-0.25, -0.2) is 0 Å². The molecule has 0 atom stereocenters. The molecule has 0 radical (unpaired) electrons. The number of nitrogens with zero attached hydrogens (tertiary/aromatic N) is 2. The number of likely N-dealkylation sites (tertiary alicyclic amines) is 1. The zero-order valence-corrected chi connectivity index (χ0v) is 18.4. The molecule has 142 valence electrons. The lowest BCUT2D eigenvalue weighted by Crippen LogP contribution is -2.40. The van der Waals surface area contributed by atoms with Crippen LogP contribution in [0.3, 0.4) is 0 Å². The van der Waals surface area contributed by atoms with E-state index in [0.29, 0.717) is 0 Å². The second-order valence-electron chi connectivity index (χ2n) is 6.82. The van der Waals surface area contributed by atoms with Crippen LogP contribution in [-0.4, -0.2) is 51.3 Å². The molecule has 0 unspecified atom stereocenters. The smallest absolute Gasteiger partial charge is 0.193 e. The molecule has 1 heterocycles. The fourth-order valence-electron chi connectivity index (χ4n) is 2.98. The second-order valence-corrected chi connectivity index (χ2v) is 6.82. The number of nitrogens with one attached hydrogen (secondary N) is 1. The van der Waals surface area contributed by atoms with Crippen LogP contribution in [-0.2, 0) is 5.41 Å². The Labute approximate surface area is 169 Å². The third-order valence-corrected chi connectivity index (χ3v) is 4.53. The minimum Gasteiger partial charge on any atom is -0.493 e. The SMILES string of the molecule is CCNC(=NCC(C)(C)c1ccc(OC)c(OC)c1)N1CCCC1.I. The van der Waals surface area contributed by atoms with E-state index in [9.17, 15) is 0 Å². The van der Waals surface area contributed by atoms with Gasteiger partial charge in [0.2, 0.25) is 0 Å². The number of halogens is 1. The summed E-state index contributed by atoms with van der Waals surface area (Å²) < 4.78 is 10.8. The molecule has 0 aromatic heterocycles. The highest BCUT2D eigenvalue weighted by molar-refractivity contribution is 14.0. The average molecular weight is 461 g/mol. The first-order chi connectivity index (χ1) is 11.5. The van der Waals surface area contributed by atoms with Crippen molar-refractivity contribution in [2.24, 2.45) is 4.99 Å². The maximum Gasteiger partial charge on any atom is 0.193 e. The fraction of sp³-hybridized carbons (Fsp3) is 0.632. The first-order valence-corrected chi connectivity index (χ1v) is 8.77. The predicted molar refractivity (Wildman–Crippen MR) is 115 cm³/mol. The van der Waals surface area contributed by atoms with E-state index in [-0.39, 0.29) is 29.4 Å². The van der Waals surface area contributed by atoms with Crippen molar-refractivity contribution in [3.05, 3.63) is 23.8 Å². The molecule has 0 saturated carbocycles. The average Bonchev–Trinajstić information content (AvgIpc) is 3.12. The van der Waals surface area contributed by atoms with Crippen molar-refractivity contribution < 1.29 is 9.47 Å². The molecule has 2 rings (SSSR count). The standard InChI is InChI=1S/C19H31N3O2.HI/c1-6-20-18(22-11-7-8-12-22)21-14-19(2,3)15-9-10-16(23-4)17(13-15)24-5;/h9-10,13H,6-8,11-12,14H2,1-5H3,(H,20,21);1H. The van der Waals surface area contributed by atoms with E-state index in [4.69, 9.17) is 14.5 Å². The maximum absolute atomic E-state index is 5.44. The predicted octanol–water partition coefficient (Wildman–Crippen LogP) is 3.66. The number of methoxy groups -OCH3 is 2. The van der Waals surface area contributed by atoms with Crippen LogP contribution in [0.4, 0.5) is 0 Å². The van der Waals surface area contributed by atoms with E-state index >= 15 is 0 Å². The highest BCUT2D eigenvalue weighted by Gasteiger charge is 2.23. The Morgan fingerprint density at radius 3 is 2.36 bits per heavy atom. The summed E-state index contributed by atoms with van der Waals surface area (Å²) in [5, 5.41) is 3.42. The highest BCUT2D eigenvalue weighted by Crippen LogP contribution is 2.33. The van der Waals surface area contributed by atoms with Crippen molar-refractivity contribution in [2.45, 2.75) is 39.0 Å². The van der Waals surface area contributed by atoms with Crippen LogP contribution in [0.5, 0.6) is 11.5 Å². The number of ether oxygens (including phenoxy) is 2. The normalized spacial score (nSPS) is 14.9. The van der Waals surface area contributed by atoms with Crippen molar-refractivity contribution in [1.82, 2.24) is 10.2 Å². The van der Waals surface area contributed by atoms with Gasteiger partial charge in [0.1, 0.15) is 0 Å². The lowest BCUT2D eigenvalue weighted by molar-refractivity contribution is 0.353. The third kappa shape index (κ3) is 5.66. The highest BCUT2D eigenvalue weighted by atomic mass is 127. The summed E-state index contributed by atoms with van der Waals surface area (Å²) in [6.07, 6.45) is 2.51. The largest absolute Gasteiger partial charge is 0.493 e. The minimum absolute atomic E-state index is 0. The molecule has 1 aliphatic heterocycles. The van der Waals surface area contributed by atoms with Crippen LogP contribution >= 0.6 is 24.0 Å². The number of guanidine groups is 1. The van der Waals surface area contributed by atoms with Gasteiger partial charge in [0.15, 0.2) is 17.5 Å². The Hall–Kier alpha value is -1.18. The van der Waals surface area contributed by atoms with E-state index in [0.717, 1.165) is 43.6 Å². The van der Waals surface area contributed by atoms with Crippen LogP contribution in [0.1, 0.15) is 39.2 Å². The quantitative estimate of drug-likeness (QED) is 0.399. The Morgan fingerprint density at radius 2 is 1.80 bits per heavy atom. The van der Waals surface area contributed by atoms with Crippen molar-refractivity contribution in [2.75, 3.05) is 40.4 Å². The van der Waals surface area contributed by atoms with Gasteiger partial charge in [-0.05, 0) is 37.5 Å². The molecule has 25 heavy (non-hydrogen) atoms. The molecule has 6 heteroatoms. The van der Waals surface area contributed by atoms with Gasteiger partial charge >= 0.3 is 0 Å². The van der Waals surface area contributed by atoms with Gasteiger partial charge in [-0.15, -0.1) is 24.0 Å². The maximum atomic E-state index is 5.44. The molecule has 5 nitrogen and oxygen atoms in total. The van der Waals surface area contributed by atoms with E-state index in [1.54, 1.807) is 14.2 Å². The monoisotopic (exact) mass is 461 g/mol. The molecule has 0 aliphatic carbocycles. The summed E-state index contributed by atoms with van der Waals surface area (Å²) in [6, 6.07) is 6.11. The van der Waals surface area contributed by atoms with Crippen LogP contribution in [0.15, 0.2) is 23.2 Å². The molecule has 1 saturated heterocycles. The number of benzene rings is 1. The van der Waals surface area contributed by atoms with Crippen molar-refractivity contribution in [3.8, 4) is 11.5 Å². The van der Waals surface area contributed by atoms with Crippen molar-refractivity contribution in [1.29, 1.82) is 0 Å². The first kappa shape index (κ1) is 21.9. The van der Waals surface area contributed by atoms with Gasteiger partial charge < -0.3 is 19.7 Å². The van der Waals surface area contributed by atoms with Gasteiger partial charge in [0, 0.05) is 25.0 Å². The summed E-state index contributed by atoms with van der Waals surface area (Å²) >= 11 is 0. The topological polar surface area (TPSA) is 46.1 Å². The molecule has 1 fully saturated rings. The molecule has 1 aliphatic rings. The van der Waals surface area contributed by atoms with E-state index < -0.39 is 0 Å². The van der Waals surface area contributed by atoms with Gasteiger partial charge in [-0.2, -0.15) is 0 Å². The van der Waals surface area contributed by atoms with Crippen molar-refractivity contribution >= 4 is 29.9 Å². The Balaban J connectivity index is 0.00000312. The fourth-order valence-corrected chi connectivity index (χ4v) is 2.98. The van der Waals surface area contributed by atoms with Gasteiger partial charge in [-0.1, -0.05) is 19.9 Å². The number of hydrogen-bond donors (Lipinski definition) is 1. The lowest BCUT2D eigenvalue weighted by atomic mass is 9.84. The Bertz CT molecular complexity index is 570. The third-order valence-electron chi connectivity index (χ3n) is 4.53. The first-order valence-electron chi connectivity index (χ1n) is 8.77. The van der Waals surface area contributed by atoms with E-state index in [1.165, 1.54) is 18.4 Å². The van der Waals surface area contributed by atoms with Gasteiger partial charge in [0.25, 0.3) is 0 Å². The number of rotatable bonds is 6. The van der Waals surface area contributed by atoms with Crippen LogP contribution < -0.4 is 14.8 Å². The zero-order chi connectivity index (χ0) is 17.6. The molecular formula is C19H32IN3O2. The molecular weight excluding hydrogens is 429 g/mol. The van der Waals surface area contributed by atoms with Gasteiger partial charge in [-0.3, -0.25) is 4.99 Å². The summed E-state index contributed by atoms with van der Waals surface area (Å²) in [5.41, 5.74) is 1.11.